The molecule has 0 bridgehead atoms. The standard InChI is InChI=1S/C26H21BrCl2N4O6/c1-39-19-11-14(7-8-18(19)34)20-16-9-10-31-23(37)32(15-5-3-2-4-6-15)24(38)33(31)17(16)12-25(28)21(35)30(13-27)22(36)26(20,25)29/h2-9,11,17,20,34H,10,12-13H2,1H3. The number of benzene rings is 2. The maximum absolute atomic E-state index is 13.8. The molecule has 3 aliphatic rings. The predicted octanol–water partition coefficient (Wildman–Crippen LogP) is 2.86. The molecule has 202 valence electrons. The molecule has 6 rings (SSSR count). The second-order valence-electron chi connectivity index (χ2n) is 9.62. The number of carbonyl (C=O) groups excluding carboxylic acids is 2. The fourth-order valence-electron chi connectivity index (χ4n) is 6.06. The molecule has 1 N–H and O–H groups in total. The fourth-order valence-corrected chi connectivity index (χ4v) is 7.47. The number of aromatic nitrogens is 3. The summed E-state index contributed by atoms with van der Waals surface area (Å²) in [5, 5.41) is 10.2. The number of phenols is 1. The number of carbonyl (C=O) groups is 2. The lowest BCUT2D eigenvalue weighted by Gasteiger charge is -2.49. The van der Waals surface area contributed by atoms with Gasteiger partial charge < -0.3 is 9.84 Å². The SMILES string of the molecule is COc1cc(C2C3=CCn4c(=O)n(-c5ccccc5)c(=O)n4C3CC3(Cl)C(=O)N(CBr)C(=O)C23Cl)ccc1O. The predicted molar refractivity (Wildman–Crippen MR) is 146 cm³/mol. The zero-order valence-electron chi connectivity index (χ0n) is 20.4. The third-order valence-electron chi connectivity index (χ3n) is 7.83. The lowest BCUT2D eigenvalue weighted by Crippen LogP contribution is -2.59. The molecule has 2 aliphatic heterocycles. The van der Waals surface area contributed by atoms with Crippen LogP contribution < -0.4 is 16.1 Å². The van der Waals surface area contributed by atoms with E-state index in [0.29, 0.717) is 16.8 Å². The average molecular weight is 636 g/mol. The normalized spacial score (nSPS) is 27.6. The van der Waals surface area contributed by atoms with Gasteiger partial charge in [0.2, 0.25) is 0 Å². The van der Waals surface area contributed by atoms with Gasteiger partial charge in [-0.3, -0.25) is 14.5 Å². The van der Waals surface area contributed by atoms with Gasteiger partial charge in [-0.25, -0.2) is 23.5 Å². The summed E-state index contributed by atoms with van der Waals surface area (Å²) in [5.41, 5.74) is 0.108. The van der Waals surface area contributed by atoms with Gasteiger partial charge in [0.15, 0.2) is 21.2 Å². The molecule has 39 heavy (non-hydrogen) atoms. The van der Waals surface area contributed by atoms with E-state index in [1.807, 2.05) is 0 Å². The monoisotopic (exact) mass is 634 g/mol. The van der Waals surface area contributed by atoms with Crippen molar-refractivity contribution in [2.24, 2.45) is 0 Å². The summed E-state index contributed by atoms with van der Waals surface area (Å²) in [6.45, 7) is 0.0258. The molecule has 1 saturated carbocycles. The number of para-hydroxylation sites is 1. The Labute approximate surface area is 239 Å². The number of aromatic hydroxyl groups is 1. The number of imide groups is 1. The molecule has 2 fully saturated rings. The van der Waals surface area contributed by atoms with Gasteiger partial charge in [0.1, 0.15) is 0 Å². The Balaban J connectivity index is 1.62. The number of halogens is 3. The van der Waals surface area contributed by atoms with Gasteiger partial charge in [-0.05, 0) is 35.4 Å². The van der Waals surface area contributed by atoms with Crippen LogP contribution in [0.1, 0.15) is 23.9 Å². The van der Waals surface area contributed by atoms with Crippen LogP contribution in [-0.4, -0.2) is 58.1 Å². The van der Waals surface area contributed by atoms with Gasteiger partial charge in [-0.1, -0.05) is 46.3 Å². The minimum atomic E-state index is -1.96. The van der Waals surface area contributed by atoms with Gasteiger partial charge >= 0.3 is 11.4 Å². The second-order valence-corrected chi connectivity index (χ2v) is 11.4. The first-order valence-electron chi connectivity index (χ1n) is 12.0. The lowest BCUT2D eigenvalue weighted by molar-refractivity contribution is -0.138. The van der Waals surface area contributed by atoms with Gasteiger partial charge in [-0.15, -0.1) is 23.2 Å². The largest absolute Gasteiger partial charge is 0.504 e. The number of amides is 2. The number of hydrogen-bond donors (Lipinski definition) is 1. The van der Waals surface area contributed by atoms with E-state index < -0.39 is 44.9 Å². The number of alkyl halides is 3. The van der Waals surface area contributed by atoms with Gasteiger partial charge in [0, 0.05) is 12.3 Å². The van der Waals surface area contributed by atoms with E-state index in [9.17, 15) is 24.3 Å². The molecule has 0 radical (unpaired) electrons. The average Bonchev–Trinajstić information content (AvgIpc) is 3.27. The molecule has 2 aromatic carbocycles. The van der Waals surface area contributed by atoms with Crippen LogP contribution in [0.15, 0.2) is 69.8 Å². The number of ether oxygens (including phenoxy) is 1. The summed E-state index contributed by atoms with van der Waals surface area (Å²) in [6, 6.07) is 12.1. The molecule has 1 saturated heterocycles. The number of nitrogens with zero attached hydrogens (tertiary/aromatic N) is 4. The van der Waals surface area contributed by atoms with E-state index in [0.717, 1.165) is 9.47 Å². The summed E-state index contributed by atoms with van der Waals surface area (Å²) in [4.78, 5) is 51.6. The molecule has 3 aromatic rings. The Bertz CT molecular complexity index is 1700. The van der Waals surface area contributed by atoms with Crippen molar-refractivity contribution >= 4 is 50.9 Å². The molecular weight excluding hydrogens is 615 g/mol. The van der Waals surface area contributed by atoms with Gasteiger partial charge in [0.25, 0.3) is 11.8 Å². The van der Waals surface area contributed by atoms with Crippen LogP contribution in [0, 0.1) is 0 Å². The van der Waals surface area contributed by atoms with Crippen molar-refractivity contribution in [2.75, 3.05) is 12.6 Å². The van der Waals surface area contributed by atoms with Crippen LogP contribution in [0.3, 0.4) is 0 Å². The molecular formula is C26H21BrCl2N4O6. The highest BCUT2D eigenvalue weighted by atomic mass is 79.9. The third-order valence-corrected chi connectivity index (χ3v) is 9.75. The highest BCUT2D eigenvalue weighted by molar-refractivity contribution is 9.09. The summed E-state index contributed by atoms with van der Waals surface area (Å²) in [6.07, 6.45) is 1.54. The summed E-state index contributed by atoms with van der Waals surface area (Å²) in [7, 11) is 1.38. The first-order valence-corrected chi connectivity index (χ1v) is 13.8. The molecule has 0 spiro atoms. The summed E-state index contributed by atoms with van der Waals surface area (Å²) >= 11 is 17.5. The minimum absolute atomic E-state index is 0.0258. The first-order chi connectivity index (χ1) is 18.6. The van der Waals surface area contributed by atoms with E-state index in [4.69, 9.17) is 27.9 Å². The third kappa shape index (κ3) is 3.26. The van der Waals surface area contributed by atoms with E-state index in [1.165, 1.54) is 28.6 Å². The smallest absolute Gasteiger partial charge is 0.352 e. The summed E-state index contributed by atoms with van der Waals surface area (Å²) in [5.74, 6) is -2.39. The van der Waals surface area contributed by atoms with E-state index >= 15 is 0 Å². The van der Waals surface area contributed by atoms with Crippen molar-refractivity contribution in [1.82, 2.24) is 18.8 Å². The molecule has 4 unspecified atom stereocenters. The maximum Gasteiger partial charge on any atom is 0.352 e. The van der Waals surface area contributed by atoms with Crippen LogP contribution in [0.2, 0.25) is 0 Å². The number of methoxy groups -OCH3 is 1. The van der Waals surface area contributed by atoms with Crippen LogP contribution in [-0.2, 0) is 16.1 Å². The molecule has 2 amide bonds. The number of hydrogen-bond acceptors (Lipinski definition) is 6. The van der Waals surface area contributed by atoms with Crippen LogP contribution in [0.25, 0.3) is 5.69 Å². The lowest BCUT2D eigenvalue weighted by atomic mass is 9.64. The number of fused-ring (bicyclic) bond motifs is 4. The molecule has 4 atom stereocenters. The zero-order chi connectivity index (χ0) is 27.9. The van der Waals surface area contributed by atoms with Crippen LogP contribution in [0.5, 0.6) is 11.5 Å². The van der Waals surface area contributed by atoms with Crippen LogP contribution in [0.4, 0.5) is 0 Å². The molecule has 13 heteroatoms. The minimum Gasteiger partial charge on any atom is -0.504 e. The van der Waals surface area contributed by atoms with Crippen molar-refractivity contribution in [1.29, 1.82) is 0 Å². The first kappa shape index (κ1) is 26.0. The van der Waals surface area contributed by atoms with Crippen molar-refractivity contribution in [3.05, 3.63) is 86.7 Å². The second kappa shape index (κ2) is 8.87. The van der Waals surface area contributed by atoms with Crippen molar-refractivity contribution in [3.8, 4) is 17.2 Å². The quantitative estimate of drug-likeness (QED) is 0.204. The topological polar surface area (TPSA) is 116 Å². The molecule has 3 heterocycles. The Hall–Kier alpha value is -3.28. The van der Waals surface area contributed by atoms with E-state index in [2.05, 4.69) is 15.9 Å². The Morgan fingerprint density at radius 3 is 2.44 bits per heavy atom. The Kier molecular flexibility index (Phi) is 5.91. The Morgan fingerprint density at radius 2 is 1.77 bits per heavy atom. The number of rotatable bonds is 4. The zero-order valence-corrected chi connectivity index (χ0v) is 23.5. The van der Waals surface area contributed by atoms with E-state index in [1.54, 1.807) is 42.5 Å². The van der Waals surface area contributed by atoms with Crippen molar-refractivity contribution in [3.63, 3.8) is 0 Å². The molecule has 10 nitrogen and oxygen atoms in total. The molecule has 1 aromatic heterocycles. The van der Waals surface area contributed by atoms with Crippen LogP contribution >= 0.6 is 39.1 Å². The molecule has 1 aliphatic carbocycles. The van der Waals surface area contributed by atoms with Crippen molar-refractivity contribution in [2.45, 2.75) is 34.7 Å². The highest BCUT2D eigenvalue weighted by Gasteiger charge is 2.75. The maximum atomic E-state index is 13.8. The van der Waals surface area contributed by atoms with Gasteiger partial charge in [-0.2, -0.15) is 0 Å². The van der Waals surface area contributed by atoms with E-state index in [-0.39, 0.29) is 29.9 Å². The number of allylic oxidation sites excluding steroid dienone is 2. The Morgan fingerprint density at radius 1 is 1.05 bits per heavy atom. The fraction of sp³-hybridized carbons (Fsp3) is 0.308. The van der Waals surface area contributed by atoms with Crippen molar-refractivity contribution < 1.29 is 19.4 Å². The van der Waals surface area contributed by atoms with Gasteiger partial charge in [0.05, 0.1) is 30.8 Å². The summed E-state index contributed by atoms with van der Waals surface area (Å²) < 4.78 is 8.95. The number of likely N-dealkylation sites (tertiary alicyclic amines) is 1. The number of phenolic OH excluding ortho intramolecular Hbond substituents is 1. The highest BCUT2D eigenvalue weighted by Crippen LogP contribution is 2.63.